The van der Waals surface area contributed by atoms with Gasteiger partial charge in [0.05, 0.1) is 0 Å². The lowest BCUT2D eigenvalue weighted by Gasteiger charge is -2.27. The topological polar surface area (TPSA) is 69.6 Å². The van der Waals surface area contributed by atoms with E-state index in [1.54, 1.807) is 6.92 Å². The second kappa shape index (κ2) is 5.30. The van der Waals surface area contributed by atoms with E-state index >= 15 is 0 Å². The fourth-order valence-corrected chi connectivity index (χ4v) is 2.30. The van der Waals surface area contributed by atoms with Crippen LogP contribution in [-0.4, -0.2) is 35.6 Å². The molecule has 1 heterocycles. The van der Waals surface area contributed by atoms with E-state index in [1.807, 2.05) is 23.1 Å². The second-order valence-electron chi connectivity index (χ2n) is 4.82. The first-order valence-corrected chi connectivity index (χ1v) is 6.38. The molecule has 102 valence electrons. The highest BCUT2D eigenvalue weighted by Crippen LogP contribution is 2.29. The van der Waals surface area contributed by atoms with Gasteiger partial charge < -0.3 is 15.3 Å². The summed E-state index contributed by atoms with van der Waals surface area (Å²) in [6, 6.07) is 6.74. The number of carboxylic acid groups (broad SMARTS) is 1. The molecule has 0 aromatic heterocycles. The van der Waals surface area contributed by atoms with Gasteiger partial charge in [-0.25, -0.2) is 0 Å². The molecule has 0 fully saturated rings. The lowest BCUT2D eigenvalue weighted by Crippen LogP contribution is -2.49. The summed E-state index contributed by atoms with van der Waals surface area (Å²) >= 11 is 0. The van der Waals surface area contributed by atoms with Crippen molar-refractivity contribution in [3.8, 4) is 0 Å². The van der Waals surface area contributed by atoms with E-state index in [-0.39, 0.29) is 11.9 Å². The molecular formula is C14H18N2O3. The van der Waals surface area contributed by atoms with Gasteiger partial charge in [0.15, 0.2) is 0 Å². The molecule has 0 spiro atoms. The number of carboxylic acids is 1. The fraction of sp³-hybridized carbons (Fsp3) is 0.429. The largest absolute Gasteiger partial charge is 0.480 e. The molecule has 0 radical (unpaired) electrons. The zero-order valence-corrected chi connectivity index (χ0v) is 11.1. The Kier molecular flexibility index (Phi) is 3.74. The van der Waals surface area contributed by atoms with Gasteiger partial charge in [-0.3, -0.25) is 9.59 Å². The second-order valence-corrected chi connectivity index (χ2v) is 4.82. The lowest BCUT2D eigenvalue weighted by molar-refractivity contribution is -0.141. The molecule has 19 heavy (non-hydrogen) atoms. The molecule has 0 saturated heterocycles. The third-order valence-corrected chi connectivity index (χ3v) is 3.50. The van der Waals surface area contributed by atoms with Gasteiger partial charge in [0.25, 0.3) is 0 Å². The quantitative estimate of drug-likeness (QED) is 0.850. The van der Waals surface area contributed by atoms with Crippen LogP contribution in [0.5, 0.6) is 0 Å². The average Bonchev–Trinajstić information content (AvgIpc) is 2.81. The molecule has 1 aliphatic heterocycles. The lowest BCUT2D eigenvalue weighted by atomic mass is 10.1. The van der Waals surface area contributed by atoms with Gasteiger partial charge in [-0.15, -0.1) is 0 Å². The van der Waals surface area contributed by atoms with Gasteiger partial charge in [-0.05, 0) is 31.9 Å². The first-order valence-electron chi connectivity index (χ1n) is 6.38. The predicted molar refractivity (Wildman–Crippen MR) is 72.2 cm³/mol. The van der Waals surface area contributed by atoms with Gasteiger partial charge in [0, 0.05) is 12.2 Å². The summed E-state index contributed by atoms with van der Waals surface area (Å²) in [5.74, 6) is -1.28. The fourth-order valence-electron chi connectivity index (χ4n) is 2.30. The van der Waals surface area contributed by atoms with Crippen molar-refractivity contribution in [2.24, 2.45) is 0 Å². The SMILES string of the molecule is CC(NC(=O)C(C)N1CCc2ccccc21)C(=O)O. The molecule has 1 aromatic carbocycles. The molecule has 0 aliphatic carbocycles. The number of amides is 1. The summed E-state index contributed by atoms with van der Waals surface area (Å²) in [4.78, 5) is 24.8. The van der Waals surface area contributed by atoms with Crippen LogP contribution < -0.4 is 10.2 Å². The molecule has 0 bridgehead atoms. The monoisotopic (exact) mass is 262 g/mol. The van der Waals surface area contributed by atoms with E-state index in [9.17, 15) is 9.59 Å². The van der Waals surface area contributed by atoms with Crippen molar-refractivity contribution in [3.63, 3.8) is 0 Å². The molecule has 0 saturated carbocycles. The molecule has 2 unspecified atom stereocenters. The number of aliphatic carboxylic acids is 1. The summed E-state index contributed by atoms with van der Waals surface area (Å²) < 4.78 is 0. The number of fused-ring (bicyclic) bond motifs is 1. The first kappa shape index (κ1) is 13.4. The number of anilines is 1. The minimum absolute atomic E-state index is 0.258. The smallest absolute Gasteiger partial charge is 0.325 e. The van der Waals surface area contributed by atoms with E-state index in [2.05, 4.69) is 11.4 Å². The van der Waals surface area contributed by atoms with Crippen LogP contribution in [0.2, 0.25) is 0 Å². The number of para-hydroxylation sites is 1. The van der Waals surface area contributed by atoms with E-state index in [0.717, 1.165) is 18.7 Å². The van der Waals surface area contributed by atoms with Crippen LogP contribution in [0.1, 0.15) is 19.4 Å². The Hall–Kier alpha value is -2.04. The van der Waals surface area contributed by atoms with Crippen LogP contribution in [0.3, 0.4) is 0 Å². The Bertz CT molecular complexity index is 501. The number of benzene rings is 1. The van der Waals surface area contributed by atoms with Crippen molar-refractivity contribution in [1.29, 1.82) is 0 Å². The Labute approximate surface area is 112 Å². The van der Waals surface area contributed by atoms with Gasteiger partial charge >= 0.3 is 5.97 Å². The third-order valence-electron chi connectivity index (χ3n) is 3.50. The number of nitrogens with one attached hydrogen (secondary N) is 1. The minimum atomic E-state index is -1.03. The number of hydrogen-bond acceptors (Lipinski definition) is 3. The summed E-state index contributed by atoms with van der Waals surface area (Å²) in [5.41, 5.74) is 2.29. The maximum absolute atomic E-state index is 12.0. The number of rotatable bonds is 4. The maximum atomic E-state index is 12.0. The van der Waals surface area contributed by atoms with E-state index < -0.39 is 12.0 Å². The van der Waals surface area contributed by atoms with Crippen LogP contribution in [-0.2, 0) is 16.0 Å². The number of hydrogen-bond donors (Lipinski definition) is 2. The Morgan fingerprint density at radius 1 is 1.32 bits per heavy atom. The van der Waals surface area contributed by atoms with Crippen molar-refractivity contribution in [3.05, 3.63) is 29.8 Å². The van der Waals surface area contributed by atoms with Crippen molar-refractivity contribution in [1.82, 2.24) is 5.32 Å². The highest BCUT2D eigenvalue weighted by atomic mass is 16.4. The summed E-state index contributed by atoms with van der Waals surface area (Å²) in [5, 5.41) is 11.3. The predicted octanol–water partition coefficient (Wildman–Crippen LogP) is 1.03. The van der Waals surface area contributed by atoms with Crippen LogP contribution in [0, 0.1) is 0 Å². The third kappa shape index (κ3) is 2.70. The highest BCUT2D eigenvalue weighted by Gasteiger charge is 2.28. The van der Waals surface area contributed by atoms with Crippen molar-refractivity contribution in [2.45, 2.75) is 32.4 Å². The zero-order chi connectivity index (χ0) is 14.0. The van der Waals surface area contributed by atoms with E-state index in [1.165, 1.54) is 12.5 Å². The van der Waals surface area contributed by atoms with Crippen molar-refractivity contribution >= 4 is 17.6 Å². The molecule has 2 atom stereocenters. The number of carbonyl (C=O) groups excluding carboxylic acids is 1. The summed E-state index contributed by atoms with van der Waals surface area (Å²) in [6.45, 7) is 4.05. The van der Waals surface area contributed by atoms with E-state index in [0.29, 0.717) is 0 Å². The van der Waals surface area contributed by atoms with Crippen molar-refractivity contribution < 1.29 is 14.7 Å². The summed E-state index contributed by atoms with van der Waals surface area (Å²) in [6.07, 6.45) is 0.919. The van der Waals surface area contributed by atoms with Gasteiger partial charge in [-0.2, -0.15) is 0 Å². The number of carbonyl (C=O) groups is 2. The Balaban J connectivity index is 2.07. The van der Waals surface area contributed by atoms with Gasteiger partial charge in [-0.1, -0.05) is 18.2 Å². The van der Waals surface area contributed by atoms with Crippen LogP contribution >= 0.6 is 0 Å². The normalized spacial score (nSPS) is 16.6. The molecule has 5 nitrogen and oxygen atoms in total. The maximum Gasteiger partial charge on any atom is 0.325 e. The van der Waals surface area contributed by atoms with E-state index in [4.69, 9.17) is 5.11 Å². The van der Waals surface area contributed by atoms with Gasteiger partial charge in [0.2, 0.25) is 5.91 Å². The van der Waals surface area contributed by atoms with Crippen LogP contribution in [0.15, 0.2) is 24.3 Å². The molecule has 2 rings (SSSR count). The Morgan fingerprint density at radius 3 is 2.68 bits per heavy atom. The van der Waals surface area contributed by atoms with Crippen LogP contribution in [0.25, 0.3) is 0 Å². The molecule has 1 amide bonds. The summed E-state index contributed by atoms with van der Waals surface area (Å²) in [7, 11) is 0. The number of nitrogens with zero attached hydrogens (tertiary/aromatic N) is 1. The molecule has 2 N–H and O–H groups in total. The Morgan fingerprint density at radius 2 is 2.00 bits per heavy atom. The van der Waals surface area contributed by atoms with Crippen molar-refractivity contribution in [2.75, 3.05) is 11.4 Å². The molecular weight excluding hydrogens is 244 g/mol. The minimum Gasteiger partial charge on any atom is -0.480 e. The highest BCUT2D eigenvalue weighted by molar-refractivity contribution is 5.89. The molecule has 5 heteroatoms. The standard InChI is InChI=1S/C14H18N2O3/c1-9(14(18)19)15-13(17)10(2)16-8-7-11-5-3-4-6-12(11)16/h3-6,9-10H,7-8H2,1-2H3,(H,15,17)(H,18,19). The van der Waals surface area contributed by atoms with Crippen LogP contribution in [0.4, 0.5) is 5.69 Å². The first-order chi connectivity index (χ1) is 9.00. The molecule has 1 aliphatic rings. The zero-order valence-electron chi connectivity index (χ0n) is 11.1. The van der Waals surface area contributed by atoms with Gasteiger partial charge in [0.1, 0.15) is 12.1 Å². The average molecular weight is 262 g/mol. The molecule has 1 aromatic rings.